The van der Waals surface area contributed by atoms with E-state index in [1.54, 1.807) is 26.4 Å². The number of anilines is 1. The van der Waals surface area contributed by atoms with E-state index in [2.05, 4.69) is 35.2 Å². The molecule has 0 heterocycles. The van der Waals surface area contributed by atoms with Crippen molar-refractivity contribution in [1.29, 1.82) is 5.26 Å². The Labute approximate surface area is 220 Å². The van der Waals surface area contributed by atoms with Crippen LogP contribution in [-0.4, -0.2) is 64.2 Å². The molecule has 0 bridgehead atoms. The molecule has 37 heavy (non-hydrogen) atoms. The number of hydrogen-bond acceptors (Lipinski definition) is 6. The zero-order valence-electron chi connectivity index (χ0n) is 22.4. The highest BCUT2D eigenvalue weighted by Gasteiger charge is 2.11. The predicted octanol–water partition coefficient (Wildman–Crippen LogP) is 3.41. The molecule has 9 nitrogen and oxygen atoms in total. The summed E-state index contributed by atoms with van der Waals surface area (Å²) in [7, 11) is 6.90. The van der Waals surface area contributed by atoms with Crippen molar-refractivity contribution in [2.75, 3.05) is 46.3 Å². The number of hydrogen-bond donors (Lipinski definition) is 2. The van der Waals surface area contributed by atoms with Crippen molar-refractivity contribution in [1.82, 2.24) is 10.2 Å². The van der Waals surface area contributed by atoms with Gasteiger partial charge in [-0.05, 0) is 62.2 Å². The average molecular weight is 507 g/mol. The number of guanidine groups is 1. The molecule has 198 valence electrons. The molecule has 1 atom stereocenters. The van der Waals surface area contributed by atoms with Gasteiger partial charge in [0, 0.05) is 32.6 Å². The molecular formula is C28H38N6O3. The van der Waals surface area contributed by atoms with Gasteiger partial charge in [0.25, 0.3) is 0 Å². The third-order valence-corrected chi connectivity index (χ3v) is 6.16. The summed E-state index contributed by atoms with van der Waals surface area (Å²) in [5.74, 6) is 1.57. The van der Waals surface area contributed by atoms with Gasteiger partial charge in [-0.25, -0.2) is 4.90 Å². The minimum Gasteiger partial charge on any atom is -0.493 e. The maximum Gasteiger partial charge on any atom is 0.223 e. The van der Waals surface area contributed by atoms with Crippen molar-refractivity contribution in [3.63, 3.8) is 0 Å². The van der Waals surface area contributed by atoms with Crippen LogP contribution in [0.4, 0.5) is 5.69 Å². The lowest BCUT2D eigenvalue weighted by atomic mass is 10.1. The number of nitrogens with zero attached hydrogens (tertiary/aromatic N) is 4. The summed E-state index contributed by atoms with van der Waals surface area (Å²) in [6.45, 7) is 3.68. The highest BCUT2D eigenvalue weighted by atomic mass is 16.5. The number of carbonyl (C=O) groups is 1. The number of methoxy groups -OCH3 is 2. The molecule has 9 heteroatoms. The fourth-order valence-corrected chi connectivity index (χ4v) is 3.65. The molecule has 0 saturated heterocycles. The summed E-state index contributed by atoms with van der Waals surface area (Å²) in [5.41, 5.74) is 8.47. The molecule has 0 fully saturated rings. The number of carbonyl (C=O) groups excluding carboxylic acids is 1. The summed E-state index contributed by atoms with van der Waals surface area (Å²) in [4.78, 5) is 19.6. The van der Waals surface area contributed by atoms with Gasteiger partial charge in [-0.3, -0.25) is 9.79 Å². The maximum absolute atomic E-state index is 12.2. The molecule has 0 spiro atoms. The Hall–Kier alpha value is -4.03. The van der Waals surface area contributed by atoms with Crippen molar-refractivity contribution in [3.8, 4) is 17.7 Å². The van der Waals surface area contributed by atoms with Gasteiger partial charge in [-0.15, -0.1) is 0 Å². The molecule has 3 N–H and O–H groups in total. The van der Waals surface area contributed by atoms with Gasteiger partial charge in [-0.2, -0.15) is 5.26 Å². The van der Waals surface area contributed by atoms with Crippen LogP contribution in [0.5, 0.6) is 11.5 Å². The van der Waals surface area contributed by atoms with Gasteiger partial charge in [0.15, 0.2) is 17.7 Å². The number of likely N-dealkylation sites (N-methyl/N-ethyl adjacent to an activating group) is 1. The largest absolute Gasteiger partial charge is 0.493 e. The Bertz CT molecular complexity index is 1110. The first-order valence-electron chi connectivity index (χ1n) is 12.2. The molecule has 0 aliphatic rings. The van der Waals surface area contributed by atoms with Crippen molar-refractivity contribution >= 4 is 23.6 Å². The van der Waals surface area contributed by atoms with Crippen LogP contribution in [0.15, 0.2) is 53.5 Å². The van der Waals surface area contributed by atoms with Gasteiger partial charge in [0.05, 0.1) is 19.9 Å². The van der Waals surface area contributed by atoms with Gasteiger partial charge in [-0.1, -0.05) is 30.4 Å². The van der Waals surface area contributed by atoms with Crippen molar-refractivity contribution in [2.24, 2.45) is 10.7 Å². The van der Waals surface area contributed by atoms with Gasteiger partial charge in [0.2, 0.25) is 11.9 Å². The van der Waals surface area contributed by atoms with E-state index in [1.807, 2.05) is 42.6 Å². The van der Waals surface area contributed by atoms with Crippen molar-refractivity contribution < 1.29 is 14.3 Å². The molecule has 1 amide bonds. The number of nitriles is 1. The normalized spacial score (nSPS) is 12.3. The quantitative estimate of drug-likeness (QED) is 0.185. The van der Waals surface area contributed by atoms with Crippen LogP contribution in [0.25, 0.3) is 6.08 Å². The molecule has 1 unspecified atom stereocenters. The van der Waals surface area contributed by atoms with Crippen LogP contribution in [-0.2, 0) is 11.2 Å². The lowest BCUT2D eigenvalue weighted by Gasteiger charge is -2.25. The fraction of sp³-hybridized carbons (Fsp3) is 0.393. The van der Waals surface area contributed by atoms with Crippen LogP contribution in [0.1, 0.15) is 30.9 Å². The van der Waals surface area contributed by atoms with Crippen LogP contribution in [0, 0.1) is 11.5 Å². The highest BCUT2D eigenvalue weighted by Crippen LogP contribution is 2.27. The Morgan fingerprint density at radius 2 is 1.89 bits per heavy atom. The second kappa shape index (κ2) is 15.2. The van der Waals surface area contributed by atoms with Gasteiger partial charge < -0.3 is 25.4 Å². The van der Waals surface area contributed by atoms with Crippen molar-refractivity contribution in [3.05, 3.63) is 59.7 Å². The Morgan fingerprint density at radius 1 is 1.19 bits per heavy atom. The van der Waals surface area contributed by atoms with E-state index in [9.17, 15) is 10.1 Å². The smallest absolute Gasteiger partial charge is 0.223 e. The van der Waals surface area contributed by atoms with E-state index in [1.165, 1.54) is 17.5 Å². The molecule has 2 aromatic rings. The Morgan fingerprint density at radius 3 is 2.51 bits per heavy atom. The number of aliphatic imine (C=N–C) groups is 1. The van der Waals surface area contributed by atoms with Crippen LogP contribution in [0.3, 0.4) is 0 Å². The zero-order chi connectivity index (χ0) is 27.2. The molecular weight excluding hydrogens is 468 g/mol. The van der Waals surface area contributed by atoms with E-state index < -0.39 is 0 Å². The minimum atomic E-state index is -0.0179. The van der Waals surface area contributed by atoms with E-state index in [0.717, 1.165) is 36.4 Å². The summed E-state index contributed by atoms with van der Waals surface area (Å²) in [6, 6.07) is 13.6. The first kappa shape index (κ1) is 29.2. The number of benzene rings is 2. The van der Waals surface area contributed by atoms with Gasteiger partial charge in [0.1, 0.15) is 0 Å². The monoisotopic (exact) mass is 506 g/mol. The Balaban J connectivity index is 1.72. The molecule has 0 aliphatic carbocycles. The number of ether oxygens (including phenoxy) is 2. The number of amides is 1. The summed E-state index contributed by atoms with van der Waals surface area (Å²) in [5, 5.41) is 12.2. The van der Waals surface area contributed by atoms with E-state index in [-0.39, 0.29) is 11.9 Å². The molecule has 2 rings (SSSR count). The third-order valence-electron chi connectivity index (χ3n) is 6.16. The summed E-state index contributed by atoms with van der Waals surface area (Å²) >= 11 is 0. The van der Waals surface area contributed by atoms with E-state index in [4.69, 9.17) is 15.2 Å². The van der Waals surface area contributed by atoms with Crippen LogP contribution < -0.4 is 25.4 Å². The summed E-state index contributed by atoms with van der Waals surface area (Å²) in [6.07, 6.45) is 7.75. The predicted molar refractivity (Wildman–Crippen MR) is 149 cm³/mol. The zero-order valence-corrected chi connectivity index (χ0v) is 22.4. The lowest BCUT2D eigenvalue weighted by molar-refractivity contribution is -0.120. The fourth-order valence-electron chi connectivity index (χ4n) is 3.65. The number of nitrogens with two attached hydrogens (primary N) is 1. The molecule has 0 aliphatic heterocycles. The van der Waals surface area contributed by atoms with Crippen LogP contribution >= 0.6 is 0 Å². The maximum atomic E-state index is 12.2. The minimum absolute atomic E-state index is 0.0179. The molecule has 0 aromatic heterocycles. The Kier molecular flexibility index (Phi) is 12.0. The SMILES string of the molecule is CN=C(N)N(C#N)c1ccc(/C=C/CC(=O)NCCC(C)N(C)CCc2ccc(OC)c(OC)c2)cc1. The molecule has 2 aromatic carbocycles. The lowest BCUT2D eigenvalue weighted by Crippen LogP contribution is -2.35. The average Bonchev–Trinajstić information content (AvgIpc) is 2.92. The molecule has 0 saturated carbocycles. The number of rotatable bonds is 13. The van der Waals surface area contributed by atoms with Crippen molar-refractivity contribution in [2.45, 2.75) is 32.2 Å². The first-order valence-corrected chi connectivity index (χ1v) is 12.2. The standard InChI is InChI=1S/C28H38N6O3/c1-21(33(3)18-16-23-11-14-25(36-4)26(19-23)37-5)15-17-32-27(35)8-6-7-22-9-12-24(13-10-22)34(20-29)28(30)31-2/h6-7,9-14,19,21H,8,15-18H2,1-5H3,(H2,30,31)(H,32,35)/b7-6+. The van der Waals surface area contributed by atoms with E-state index in [0.29, 0.717) is 24.7 Å². The first-order chi connectivity index (χ1) is 17.8. The third kappa shape index (κ3) is 9.17. The van der Waals surface area contributed by atoms with Crippen LogP contribution in [0.2, 0.25) is 0 Å². The summed E-state index contributed by atoms with van der Waals surface area (Å²) < 4.78 is 10.7. The highest BCUT2D eigenvalue weighted by molar-refractivity contribution is 5.97. The topological polar surface area (TPSA) is 116 Å². The number of nitrogens with one attached hydrogen (secondary N) is 1. The van der Waals surface area contributed by atoms with E-state index >= 15 is 0 Å². The van der Waals surface area contributed by atoms with Gasteiger partial charge >= 0.3 is 0 Å². The molecule has 0 radical (unpaired) electrons. The second-order valence-electron chi connectivity index (χ2n) is 8.62. The second-order valence-corrected chi connectivity index (χ2v) is 8.62.